The van der Waals surface area contributed by atoms with Crippen molar-refractivity contribution in [3.05, 3.63) is 23.9 Å². The van der Waals surface area contributed by atoms with E-state index in [1.54, 1.807) is 0 Å². The van der Waals surface area contributed by atoms with E-state index in [2.05, 4.69) is 28.2 Å². The number of pyridine rings is 1. The number of aliphatic hydroxyl groups is 1. The zero-order valence-electron chi connectivity index (χ0n) is 11.1. The average molecular weight is 249 g/mol. The first-order valence-electron chi connectivity index (χ1n) is 6.87. The van der Waals surface area contributed by atoms with Crippen LogP contribution in [0.25, 0.3) is 0 Å². The second kappa shape index (κ2) is 6.71. The van der Waals surface area contributed by atoms with Gasteiger partial charge in [0.15, 0.2) is 0 Å². The molecule has 0 amide bonds. The Morgan fingerprint density at radius 1 is 1.50 bits per heavy atom. The molecule has 1 fully saturated rings. The SMILES string of the molecule is CCNc1ncccc1CN(CCO)C1CCC1. The highest BCUT2D eigenvalue weighted by atomic mass is 16.3. The number of aliphatic hydroxyl groups excluding tert-OH is 1. The van der Waals surface area contributed by atoms with Crippen molar-refractivity contribution in [3.63, 3.8) is 0 Å². The second-order valence-corrected chi connectivity index (χ2v) is 4.82. The Morgan fingerprint density at radius 2 is 2.33 bits per heavy atom. The van der Waals surface area contributed by atoms with Crippen LogP contribution in [0.1, 0.15) is 31.7 Å². The molecule has 1 aliphatic rings. The highest BCUT2D eigenvalue weighted by Crippen LogP contribution is 2.27. The molecule has 0 unspecified atom stereocenters. The van der Waals surface area contributed by atoms with Gasteiger partial charge in [0.25, 0.3) is 0 Å². The van der Waals surface area contributed by atoms with Gasteiger partial charge in [0.2, 0.25) is 0 Å². The maximum atomic E-state index is 9.18. The summed E-state index contributed by atoms with van der Waals surface area (Å²) < 4.78 is 0. The minimum Gasteiger partial charge on any atom is -0.395 e. The molecule has 1 saturated carbocycles. The van der Waals surface area contributed by atoms with Crippen LogP contribution < -0.4 is 5.32 Å². The molecule has 0 saturated heterocycles. The Kier molecular flexibility index (Phi) is 4.96. The zero-order valence-corrected chi connectivity index (χ0v) is 11.1. The van der Waals surface area contributed by atoms with Gasteiger partial charge in [0.05, 0.1) is 6.61 Å². The average Bonchev–Trinajstić information content (AvgIpc) is 2.30. The summed E-state index contributed by atoms with van der Waals surface area (Å²) in [6.07, 6.45) is 5.66. The fourth-order valence-electron chi connectivity index (χ4n) is 2.38. The third-order valence-electron chi connectivity index (χ3n) is 3.59. The van der Waals surface area contributed by atoms with E-state index < -0.39 is 0 Å². The minimum absolute atomic E-state index is 0.229. The van der Waals surface area contributed by atoms with Gasteiger partial charge in [-0.05, 0) is 25.8 Å². The summed E-state index contributed by atoms with van der Waals surface area (Å²) in [7, 11) is 0. The molecule has 1 heterocycles. The van der Waals surface area contributed by atoms with Crippen LogP contribution in [0.2, 0.25) is 0 Å². The summed E-state index contributed by atoms with van der Waals surface area (Å²) in [6.45, 7) is 4.82. The Hall–Kier alpha value is -1.13. The second-order valence-electron chi connectivity index (χ2n) is 4.82. The van der Waals surface area contributed by atoms with Gasteiger partial charge < -0.3 is 10.4 Å². The predicted molar refractivity (Wildman–Crippen MR) is 73.5 cm³/mol. The minimum atomic E-state index is 0.229. The first-order valence-corrected chi connectivity index (χ1v) is 6.87. The molecule has 1 aromatic heterocycles. The Balaban J connectivity index is 2.04. The molecular formula is C14H23N3O. The van der Waals surface area contributed by atoms with Crippen LogP contribution in [0.15, 0.2) is 18.3 Å². The number of anilines is 1. The molecule has 0 aliphatic heterocycles. The first-order chi connectivity index (χ1) is 8.85. The molecule has 2 N–H and O–H groups in total. The third-order valence-corrected chi connectivity index (χ3v) is 3.59. The van der Waals surface area contributed by atoms with E-state index in [9.17, 15) is 5.11 Å². The molecule has 100 valence electrons. The van der Waals surface area contributed by atoms with E-state index in [4.69, 9.17) is 0 Å². The number of rotatable bonds is 7. The van der Waals surface area contributed by atoms with Gasteiger partial charge in [-0.15, -0.1) is 0 Å². The van der Waals surface area contributed by atoms with Gasteiger partial charge in [-0.25, -0.2) is 4.98 Å². The van der Waals surface area contributed by atoms with Crippen LogP contribution >= 0.6 is 0 Å². The number of hydrogen-bond donors (Lipinski definition) is 2. The number of nitrogens with zero attached hydrogens (tertiary/aromatic N) is 2. The van der Waals surface area contributed by atoms with Gasteiger partial charge in [-0.1, -0.05) is 12.5 Å². The smallest absolute Gasteiger partial charge is 0.130 e. The van der Waals surface area contributed by atoms with Gasteiger partial charge in [0, 0.05) is 37.4 Å². The van der Waals surface area contributed by atoms with Crippen LogP contribution in [-0.4, -0.2) is 40.7 Å². The van der Waals surface area contributed by atoms with E-state index in [1.807, 2.05) is 12.3 Å². The van der Waals surface area contributed by atoms with Crippen molar-refractivity contribution < 1.29 is 5.11 Å². The Bertz CT molecular complexity index is 366. The summed E-state index contributed by atoms with van der Waals surface area (Å²) in [5, 5.41) is 12.5. The molecule has 0 aromatic carbocycles. The van der Waals surface area contributed by atoms with E-state index >= 15 is 0 Å². The van der Waals surface area contributed by atoms with E-state index in [1.165, 1.54) is 24.8 Å². The van der Waals surface area contributed by atoms with Gasteiger partial charge in [-0.2, -0.15) is 0 Å². The van der Waals surface area contributed by atoms with Crippen LogP contribution in [0.5, 0.6) is 0 Å². The molecule has 0 bridgehead atoms. The van der Waals surface area contributed by atoms with Crippen molar-refractivity contribution in [1.82, 2.24) is 9.88 Å². The lowest BCUT2D eigenvalue weighted by Gasteiger charge is -2.37. The van der Waals surface area contributed by atoms with E-state index in [0.29, 0.717) is 6.04 Å². The van der Waals surface area contributed by atoms with Crippen molar-refractivity contribution in [2.24, 2.45) is 0 Å². The monoisotopic (exact) mass is 249 g/mol. The third kappa shape index (κ3) is 3.21. The van der Waals surface area contributed by atoms with Crippen molar-refractivity contribution >= 4 is 5.82 Å². The fourth-order valence-corrected chi connectivity index (χ4v) is 2.38. The Morgan fingerprint density at radius 3 is 2.94 bits per heavy atom. The molecular weight excluding hydrogens is 226 g/mol. The Labute approximate surface area is 109 Å². The quantitative estimate of drug-likeness (QED) is 0.774. The van der Waals surface area contributed by atoms with Crippen molar-refractivity contribution in [2.75, 3.05) is 25.0 Å². The van der Waals surface area contributed by atoms with Crippen LogP contribution in [0.4, 0.5) is 5.82 Å². The van der Waals surface area contributed by atoms with Gasteiger partial charge in [-0.3, -0.25) is 4.90 Å². The molecule has 1 aliphatic carbocycles. The van der Waals surface area contributed by atoms with Gasteiger partial charge >= 0.3 is 0 Å². The maximum absolute atomic E-state index is 9.18. The highest BCUT2D eigenvalue weighted by Gasteiger charge is 2.25. The standard InChI is InChI=1S/C14H23N3O/c1-2-15-14-12(5-4-8-16-14)11-17(9-10-18)13-6-3-7-13/h4-5,8,13,18H,2-3,6-7,9-11H2,1H3,(H,15,16). The zero-order chi connectivity index (χ0) is 12.8. The van der Waals surface area contributed by atoms with Crippen molar-refractivity contribution in [3.8, 4) is 0 Å². The molecule has 0 atom stereocenters. The molecule has 4 heteroatoms. The lowest BCUT2D eigenvalue weighted by Crippen LogP contribution is -2.41. The molecule has 2 rings (SSSR count). The van der Waals surface area contributed by atoms with Crippen molar-refractivity contribution in [1.29, 1.82) is 0 Å². The lowest BCUT2D eigenvalue weighted by molar-refractivity contribution is 0.0946. The van der Waals surface area contributed by atoms with Crippen LogP contribution in [-0.2, 0) is 6.54 Å². The summed E-state index contributed by atoms with van der Waals surface area (Å²) in [6, 6.07) is 4.74. The molecule has 1 aromatic rings. The number of nitrogens with one attached hydrogen (secondary N) is 1. The predicted octanol–water partition coefficient (Wildman–Crippen LogP) is 1.86. The molecule has 18 heavy (non-hydrogen) atoms. The summed E-state index contributed by atoms with van der Waals surface area (Å²) >= 11 is 0. The fraction of sp³-hybridized carbons (Fsp3) is 0.643. The normalized spacial score (nSPS) is 15.7. The van der Waals surface area contributed by atoms with Gasteiger partial charge in [0.1, 0.15) is 5.82 Å². The van der Waals surface area contributed by atoms with Crippen molar-refractivity contribution in [2.45, 2.75) is 38.8 Å². The van der Waals surface area contributed by atoms with Crippen LogP contribution in [0.3, 0.4) is 0 Å². The molecule has 0 radical (unpaired) electrons. The number of aromatic nitrogens is 1. The summed E-state index contributed by atoms with van der Waals surface area (Å²) in [5.74, 6) is 0.974. The molecule has 4 nitrogen and oxygen atoms in total. The summed E-state index contributed by atoms with van der Waals surface area (Å²) in [4.78, 5) is 6.76. The first kappa shape index (κ1) is 13.3. The maximum Gasteiger partial charge on any atom is 0.130 e. The van der Waals surface area contributed by atoms with E-state index in [-0.39, 0.29) is 6.61 Å². The largest absolute Gasteiger partial charge is 0.395 e. The summed E-state index contributed by atoms with van der Waals surface area (Å²) in [5.41, 5.74) is 1.22. The van der Waals surface area contributed by atoms with Crippen LogP contribution in [0, 0.1) is 0 Å². The highest BCUT2D eigenvalue weighted by molar-refractivity contribution is 5.43. The van der Waals surface area contributed by atoms with E-state index in [0.717, 1.165) is 25.5 Å². The lowest BCUT2D eigenvalue weighted by atomic mass is 9.91. The number of hydrogen-bond acceptors (Lipinski definition) is 4. The topological polar surface area (TPSA) is 48.4 Å². The molecule has 0 spiro atoms.